The number of nitrogens with one attached hydrogen (secondary N) is 2. The van der Waals surface area contributed by atoms with Gasteiger partial charge < -0.3 is 10.6 Å². The summed E-state index contributed by atoms with van der Waals surface area (Å²) in [6.45, 7) is 5.77. The molecular formula is C14H21ClN2O. The fraction of sp³-hybridized carbons (Fsp3) is 0.500. The molecule has 0 aromatic heterocycles. The number of unbranched alkanes of at least 4 members (excludes halogenated alkanes) is 1. The smallest absolute Gasteiger partial charge is 0.225 e. The van der Waals surface area contributed by atoms with Gasteiger partial charge in [-0.25, -0.2) is 0 Å². The lowest BCUT2D eigenvalue weighted by Crippen LogP contribution is -2.22. The molecule has 1 aromatic carbocycles. The number of hydrogen-bond acceptors (Lipinski definition) is 2. The molecule has 4 heteroatoms. The van der Waals surface area contributed by atoms with Crippen molar-refractivity contribution in [3.05, 3.63) is 28.8 Å². The van der Waals surface area contributed by atoms with Crippen LogP contribution in [-0.4, -0.2) is 19.0 Å². The van der Waals surface area contributed by atoms with E-state index in [0.717, 1.165) is 24.2 Å². The summed E-state index contributed by atoms with van der Waals surface area (Å²) in [6, 6.07) is 5.54. The molecule has 0 radical (unpaired) electrons. The maximum absolute atomic E-state index is 11.6. The summed E-state index contributed by atoms with van der Waals surface area (Å²) in [5.41, 5.74) is 1.76. The standard InChI is InChI=1S/C14H21ClN2O/c1-3-4-8-16-9-7-14(18)17-12-6-5-11(2)13(15)10-12/h5-6,10,16H,3-4,7-9H2,1-2H3,(H,17,18). The molecule has 0 aliphatic carbocycles. The molecule has 1 rings (SSSR count). The first-order valence-corrected chi connectivity index (χ1v) is 6.78. The van der Waals surface area contributed by atoms with E-state index in [0.29, 0.717) is 18.0 Å². The van der Waals surface area contributed by atoms with Crippen LogP contribution in [0.1, 0.15) is 31.7 Å². The van der Waals surface area contributed by atoms with Crippen LogP contribution in [0.4, 0.5) is 5.69 Å². The predicted octanol–water partition coefficient (Wildman–Crippen LogP) is 3.37. The average molecular weight is 269 g/mol. The highest BCUT2D eigenvalue weighted by Crippen LogP contribution is 2.19. The van der Waals surface area contributed by atoms with Crippen LogP contribution in [0.2, 0.25) is 5.02 Å². The van der Waals surface area contributed by atoms with Crippen molar-refractivity contribution in [2.45, 2.75) is 33.1 Å². The zero-order valence-corrected chi connectivity index (χ0v) is 11.8. The van der Waals surface area contributed by atoms with Crippen LogP contribution in [0.3, 0.4) is 0 Å². The zero-order chi connectivity index (χ0) is 13.4. The first-order valence-electron chi connectivity index (χ1n) is 6.40. The molecule has 0 heterocycles. The summed E-state index contributed by atoms with van der Waals surface area (Å²) < 4.78 is 0. The Morgan fingerprint density at radius 1 is 1.33 bits per heavy atom. The Kier molecular flexibility index (Phi) is 6.76. The number of amides is 1. The van der Waals surface area contributed by atoms with E-state index in [2.05, 4.69) is 17.6 Å². The Morgan fingerprint density at radius 2 is 2.11 bits per heavy atom. The lowest BCUT2D eigenvalue weighted by Gasteiger charge is -2.07. The van der Waals surface area contributed by atoms with Crippen molar-refractivity contribution in [1.82, 2.24) is 5.32 Å². The largest absolute Gasteiger partial charge is 0.326 e. The van der Waals surface area contributed by atoms with Gasteiger partial charge >= 0.3 is 0 Å². The van der Waals surface area contributed by atoms with Crippen LogP contribution in [0.5, 0.6) is 0 Å². The topological polar surface area (TPSA) is 41.1 Å². The van der Waals surface area contributed by atoms with E-state index in [-0.39, 0.29) is 5.91 Å². The third-order valence-corrected chi connectivity index (χ3v) is 3.10. The Hall–Kier alpha value is -1.06. The molecular weight excluding hydrogens is 248 g/mol. The Bertz CT molecular complexity index is 393. The van der Waals surface area contributed by atoms with Crippen molar-refractivity contribution in [1.29, 1.82) is 0 Å². The molecule has 0 saturated carbocycles. The third-order valence-electron chi connectivity index (χ3n) is 2.69. The first-order chi connectivity index (χ1) is 8.63. The van der Waals surface area contributed by atoms with Gasteiger partial charge in [0.25, 0.3) is 0 Å². The molecule has 1 aromatic rings. The van der Waals surface area contributed by atoms with Crippen molar-refractivity contribution in [3.8, 4) is 0 Å². The van der Waals surface area contributed by atoms with E-state index in [1.807, 2.05) is 19.1 Å². The number of rotatable bonds is 7. The number of benzene rings is 1. The van der Waals surface area contributed by atoms with Gasteiger partial charge in [0.1, 0.15) is 0 Å². The molecule has 0 atom stereocenters. The maximum Gasteiger partial charge on any atom is 0.225 e. The number of aryl methyl sites for hydroxylation is 1. The lowest BCUT2D eigenvalue weighted by atomic mass is 10.2. The summed E-state index contributed by atoms with van der Waals surface area (Å²) in [7, 11) is 0. The van der Waals surface area contributed by atoms with E-state index >= 15 is 0 Å². The fourth-order valence-electron chi connectivity index (χ4n) is 1.52. The first kappa shape index (κ1) is 15.0. The second kappa shape index (κ2) is 8.11. The van der Waals surface area contributed by atoms with Gasteiger partial charge in [-0.15, -0.1) is 0 Å². The van der Waals surface area contributed by atoms with Gasteiger partial charge in [0.15, 0.2) is 0 Å². The van der Waals surface area contributed by atoms with Gasteiger partial charge in [0.05, 0.1) is 0 Å². The van der Waals surface area contributed by atoms with E-state index in [4.69, 9.17) is 11.6 Å². The number of carbonyl (C=O) groups excluding carboxylic acids is 1. The van der Waals surface area contributed by atoms with Gasteiger partial charge in [0, 0.05) is 23.7 Å². The SMILES string of the molecule is CCCCNCCC(=O)Nc1ccc(C)c(Cl)c1. The van der Waals surface area contributed by atoms with E-state index in [9.17, 15) is 4.79 Å². The van der Waals surface area contributed by atoms with Crippen LogP contribution < -0.4 is 10.6 Å². The molecule has 0 spiro atoms. The quantitative estimate of drug-likeness (QED) is 0.745. The normalized spacial score (nSPS) is 10.4. The zero-order valence-electron chi connectivity index (χ0n) is 11.1. The average Bonchev–Trinajstić information content (AvgIpc) is 2.34. The molecule has 2 N–H and O–H groups in total. The number of carbonyl (C=O) groups is 1. The van der Waals surface area contributed by atoms with E-state index < -0.39 is 0 Å². The minimum atomic E-state index is 0.0129. The van der Waals surface area contributed by atoms with Crippen LogP contribution in [0, 0.1) is 6.92 Å². The summed E-state index contributed by atoms with van der Waals surface area (Å²) in [5.74, 6) is 0.0129. The Balaban J connectivity index is 2.29. The second-order valence-corrected chi connectivity index (χ2v) is 4.77. The van der Waals surface area contributed by atoms with Crippen LogP contribution in [0.25, 0.3) is 0 Å². The monoisotopic (exact) mass is 268 g/mol. The van der Waals surface area contributed by atoms with Crippen molar-refractivity contribution in [2.75, 3.05) is 18.4 Å². The predicted molar refractivity (Wildman–Crippen MR) is 77.2 cm³/mol. The number of halogens is 1. The number of hydrogen-bond donors (Lipinski definition) is 2. The molecule has 0 aliphatic rings. The van der Waals surface area contributed by atoms with Crippen molar-refractivity contribution >= 4 is 23.2 Å². The minimum Gasteiger partial charge on any atom is -0.326 e. The molecule has 18 heavy (non-hydrogen) atoms. The summed E-state index contributed by atoms with van der Waals surface area (Å²) in [4.78, 5) is 11.6. The molecule has 3 nitrogen and oxygen atoms in total. The van der Waals surface area contributed by atoms with Crippen LogP contribution >= 0.6 is 11.6 Å². The van der Waals surface area contributed by atoms with Gasteiger partial charge in [0.2, 0.25) is 5.91 Å². The van der Waals surface area contributed by atoms with Gasteiger partial charge in [-0.2, -0.15) is 0 Å². The third kappa shape index (κ3) is 5.52. The Labute approximate surface area is 114 Å². The summed E-state index contributed by atoms with van der Waals surface area (Å²) >= 11 is 6.00. The summed E-state index contributed by atoms with van der Waals surface area (Å²) in [6.07, 6.45) is 2.80. The highest BCUT2D eigenvalue weighted by atomic mass is 35.5. The summed E-state index contributed by atoms with van der Waals surface area (Å²) in [5, 5.41) is 6.75. The molecule has 0 saturated heterocycles. The minimum absolute atomic E-state index is 0.0129. The Morgan fingerprint density at radius 3 is 2.78 bits per heavy atom. The molecule has 1 amide bonds. The fourth-order valence-corrected chi connectivity index (χ4v) is 1.70. The van der Waals surface area contributed by atoms with Gasteiger partial charge in [-0.05, 0) is 37.6 Å². The highest BCUT2D eigenvalue weighted by molar-refractivity contribution is 6.31. The molecule has 0 unspecified atom stereocenters. The van der Waals surface area contributed by atoms with Crippen LogP contribution in [-0.2, 0) is 4.79 Å². The number of anilines is 1. The van der Waals surface area contributed by atoms with Crippen molar-refractivity contribution in [3.63, 3.8) is 0 Å². The van der Waals surface area contributed by atoms with Crippen LogP contribution in [0.15, 0.2) is 18.2 Å². The molecule has 100 valence electrons. The lowest BCUT2D eigenvalue weighted by molar-refractivity contribution is -0.116. The highest BCUT2D eigenvalue weighted by Gasteiger charge is 2.03. The van der Waals surface area contributed by atoms with Gasteiger partial charge in [-0.3, -0.25) is 4.79 Å². The van der Waals surface area contributed by atoms with Crippen molar-refractivity contribution < 1.29 is 4.79 Å². The second-order valence-electron chi connectivity index (χ2n) is 4.37. The van der Waals surface area contributed by atoms with Gasteiger partial charge in [-0.1, -0.05) is 31.0 Å². The molecule has 0 bridgehead atoms. The van der Waals surface area contributed by atoms with Crippen molar-refractivity contribution in [2.24, 2.45) is 0 Å². The van der Waals surface area contributed by atoms with E-state index in [1.54, 1.807) is 6.07 Å². The maximum atomic E-state index is 11.6. The molecule has 0 fully saturated rings. The molecule has 0 aliphatic heterocycles. The van der Waals surface area contributed by atoms with E-state index in [1.165, 1.54) is 6.42 Å².